The fourth-order valence-electron chi connectivity index (χ4n) is 1.98. The van der Waals surface area contributed by atoms with Crippen LogP contribution in [0.3, 0.4) is 0 Å². The molecule has 4 nitrogen and oxygen atoms in total. The first-order chi connectivity index (χ1) is 9.67. The summed E-state index contributed by atoms with van der Waals surface area (Å²) in [5.74, 6) is -0.515. The van der Waals surface area contributed by atoms with Crippen molar-refractivity contribution in [3.05, 3.63) is 35.9 Å². The lowest BCUT2D eigenvalue weighted by atomic mass is 9.94. The summed E-state index contributed by atoms with van der Waals surface area (Å²) in [6, 6.07) is 9.82. The predicted octanol–water partition coefficient (Wildman–Crippen LogP) is 2.40. The summed E-state index contributed by atoms with van der Waals surface area (Å²) in [6.45, 7) is 2.08. The Bertz CT molecular complexity index is 402. The molecule has 0 N–H and O–H groups in total. The summed E-state index contributed by atoms with van der Waals surface area (Å²) in [5.41, 5.74) is 1.09. The second kappa shape index (κ2) is 9.26. The third-order valence-corrected chi connectivity index (χ3v) is 3.16. The van der Waals surface area contributed by atoms with Gasteiger partial charge in [0.2, 0.25) is 0 Å². The van der Waals surface area contributed by atoms with Crippen molar-refractivity contribution >= 4 is 12.3 Å². The summed E-state index contributed by atoms with van der Waals surface area (Å²) >= 11 is 0. The van der Waals surface area contributed by atoms with E-state index in [1.165, 1.54) is 0 Å². The minimum absolute atomic E-state index is 0.0117. The van der Waals surface area contributed by atoms with Gasteiger partial charge in [0, 0.05) is 13.5 Å². The Balaban J connectivity index is 2.63. The normalized spacial score (nSPS) is 13.5. The average molecular weight is 278 g/mol. The molecule has 0 heterocycles. The maximum absolute atomic E-state index is 12.1. The third-order valence-electron chi connectivity index (χ3n) is 3.16. The summed E-state index contributed by atoms with van der Waals surface area (Å²) in [7, 11) is 1.63. The number of benzene rings is 1. The molecule has 0 aliphatic carbocycles. The van der Waals surface area contributed by atoms with E-state index in [0.717, 1.165) is 11.8 Å². The van der Waals surface area contributed by atoms with E-state index < -0.39 is 0 Å². The fourth-order valence-corrected chi connectivity index (χ4v) is 1.98. The summed E-state index contributed by atoms with van der Waals surface area (Å²) < 4.78 is 10.4. The minimum Gasteiger partial charge on any atom is -0.465 e. The van der Waals surface area contributed by atoms with E-state index in [9.17, 15) is 9.59 Å². The van der Waals surface area contributed by atoms with Crippen LogP contribution in [-0.4, -0.2) is 32.1 Å². The highest BCUT2D eigenvalue weighted by molar-refractivity contribution is 5.73. The molecule has 0 saturated carbocycles. The number of esters is 1. The molecule has 0 aliphatic rings. The largest absolute Gasteiger partial charge is 0.465 e. The Kier molecular flexibility index (Phi) is 7.58. The van der Waals surface area contributed by atoms with Gasteiger partial charge >= 0.3 is 5.97 Å². The van der Waals surface area contributed by atoms with Crippen LogP contribution in [0.4, 0.5) is 0 Å². The molecule has 0 aromatic heterocycles. The lowest BCUT2D eigenvalue weighted by Gasteiger charge is -2.19. The zero-order chi connectivity index (χ0) is 14.8. The molecule has 0 fully saturated rings. The molecule has 2 unspecified atom stereocenters. The number of carbonyl (C=O) groups excluding carboxylic acids is 2. The second-order valence-corrected chi connectivity index (χ2v) is 4.79. The molecule has 0 radical (unpaired) electrons. The summed E-state index contributed by atoms with van der Waals surface area (Å²) in [5, 5.41) is 0. The number of hydrogen-bond acceptors (Lipinski definition) is 4. The Hall–Kier alpha value is -1.68. The number of carbonyl (C=O) groups is 2. The molecule has 0 amide bonds. The van der Waals surface area contributed by atoms with Gasteiger partial charge in [0.05, 0.1) is 18.6 Å². The van der Waals surface area contributed by atoms with Gasteiger partial charge in [0.15, 0.2) is 0 Å². The zero-order valence-electron chi connectivity index (χ0n) is 12.1. The van der Waals surface area contributed by atoms with E-state index in [0.29, 0.717) is 12.8 Å². The summed E-state index contributed by atoms with van der Waals surface area (Å²) in [6.07, 6.45) is 2.20. The zero-order valence-corrected chi connectivity index (χ0v) is 12.1. The van der Waals surface area contributed by atoms with Gasteiger partial charge in [0.1, 0.15) is 6.29 Å². The second-order valence-electron chi connectivity index (χ2n) is 4.79. The SMILES string of the molecule is COC(C)CC(Cc1ccccc1)C(=O)OCCC=O. The Morgan fingerprint density at radius 2 is 2.00 bits per heavy atom. The predicted molar refractivity (Wildman–Crippen MR) is 76.4 cm³/mol. The monoisotopic (exact) mass is 278 g/mol. The van der Waals surface area contributed by atoms with Crippen LogP contribution in [0, 0.1) is 5.92 Å². The van der Waals surface area contributed by atoms with Gasteiger partial charge in [-0.15, -0.1) is 0 Å². The molecule has 1 rings (SSSR count). The van der Waals surface area contributed by atoms with Crippen LogP contribution >= 0.6 is 0 Å². The molecule has 0 spiro atoms. The van der Waals surface area contributed by atoms with Gasteiger partial charge < -0.3 is 14.3 Å². The van der Waals surface area contributed by atoms with E-state index in [1.807, 2.05) is 37.3 Å². The number of aldehydes is 1. The topological polar surface area (TPSA) is 52.6 Å². The highest BCUT2D eigenvalue weighted by Crippen LogP contribution is 2.17. The van der Waals surface area contributed by atoms with Crippen LogP contribution in [0.2, 0.25) is 0 Å². The van der Waals surface area contributed by atoms with Crippen LogP contribution in [0.15, 0.2) is 30.3 Å². The molecule has 1 aromatic rings. The van der Waals surface area contributed by atoms with Crippen LogP contribution in [0.5, 0.6) is 0 Å². The van der Waals surface area contributed by atoms with Crippen molar-refractivity contribution in [1.29, 1.82) is 0 Å². The highest BCUT2D eigenvalue weighted by atomic mass is 16.5. The van der Waals surface area contributed by atoms with Crippen LogP contribution < -0.4 is 0 Å². The summed E-state index contributed by atoms with van der Waals surface area (Å²) in [4.78, 5) is 22.3. The minimum atomic E-state index is -0.264. The van der Waals surface area contributed by atoms with E-state index >= 15 is 0 Å². The molecule has 1 aromatic carbocycles. The van der Waals surface area contributed by atoms with Gasteiger partial charge in [0.25, 0.3) is 0 Å². The van der Waals surface area contributed by atoms with Crippen molar-refractivity contribution in [2.75, 3.05) is 13.7 Å². The van der Waals surface area contributed by atoms with Crippen molar-refractivity contribution in [2.45, 2.75) is 32.3 Å². The molecule has 2 atom stereocenters. The molecule has 110 valence electrons. The van der Waals surface area contributed by atoms with Gasteiger partial charge in [-0.1, -0.05) is 30.3 Å². The fraction of sp³-hybridized carbons (Fsp3) is 0.500. The van der Waals surface area contributed by atoms with E-state index in [2.05, 4.69) is 0 Å². The van der Waals surface area contributed by atoms with Crippen LogP contribution in [0.1, 0.15) is 25.3 Å². The van der Waals surface area contributed by atoms with Crippen molar-refractivity contribution in [1.82, 2.24) is 0 Å². The molecule has 4 heteroatoms. The Morgan fingerprint density at radius 1 is 1.30 bits per heavy atom. The molecule has 20 heavy (non-hydrogen) atoms. The van der Waals surface area contributed by atoms with Crippen molar-refractivity contribution in [3.8, 4) is 0 Å². The molecule has 0 saturated heterocycles. The van der Waals surface area contributed by atoms with Gasteiger partial charge in [-0.2, -0.15) is 0 Å². The van der Waals surface area contributed by atoms with Gasteiger partial charge in [-0.05, 0) is 25.3 Å². The van der Waals surface area contributed by atoms with Crippen molar-refractivity contribution in [2.24, 2.45) is 5.92 Å². The van der Waals surface area contributed by atoms with E-state index in [-0.39, 0.29) is 31.0 Å². The number of methoxy groups -OCH3 is 1. The quantitative estimate of drug-likeness (QED) is 0.395. The average Bonchev–Trinajstić information content (AvgIpc) is 2.47. The molecular weight excluding hydrogens is 256 g/mol. The number of ether oxygens (including phenoxy) is 2. The first-order valence-electron chi connectivity index (χ1n) is 6.84. The van der Waals surface area contributed by atoms with Crippen LogP contribution in [0.25, 0.3) is 0 Å². The maximum Gasteiger partial charge on any atom is 0.309 e. The first kappa shape index (κ1) is 16.4. The molecular formula is C16H22O4. The lowest BCUT2D eigenvalue weighted by Crippen LogP contribution is -2.25. The Labute approximate surface area is 120 Å². The smallest absolute Gasteiger partial charge is 0.309 e. The number of hydrogen-bond donors (Lipinski definition) is 0. The van der Waals surface area contributed by atoms with Crippen LogP contribution in [-0.2, 0) is 25.5 Å². The highest BCUT2D eigenvalue weighted by Gasteiger charge is 2.23. The van der Waals surface area contributed by atoms with Crippen molar-refractivity contribution < 1.29 is 19.1 Å². The lowest BCUT2D eigenvalue weighted by molar-refractivity contribution is -0.149. The number of rotatable bonds is 9. The van der Waals surface area contributed by atoms with E-state index in [4.69, 9.17) is 9.47 Å². The van der Waals surface area contributed by atoms with Gasteiger partial charge in [-0.25, -0.2) is 0 Å². The first-order valence-corrected chi connectivity index (χ1v) is 6.84. The van der Waals surface area contributed by atoms with Crippen molar-refractivity contribution in [3.63, 3.8) is 0 Å². The van der Waals surface area contributed by atoms with E-state index in [1.54, 1.807) is 7.11 Å². The maximum atomic E-state index is 12.1. The Morgan fingerprint density at radius 3 is 2.60 bits per heavy atom. The molecule has 0 aliphatic heterocycles. The third kappa shape index (κ3) is 5.97. The van der Waals surface area contributed by atoms with Gasteiger partial charge in [-0.3, -0.25) is 4.79 Å². The molecule has 0 bridgehead atoms. The standard InChI is InChI=1S/C16H22O4/c1-13(19-2)11-15(16(18)20-10-6-9-17)12-14-7-4-3-5-8-14/h3-5,7-9,13,15H,6,10-12H2,1-2H3.